The molecule has 0 radical (unpaired) electrons. The highest BCUT2D eigenvalue weighted by atomic mass is 16.2. The van der Waals surface area contributed by atoms with Crippen molar-refractivity contribution >= 4 is 34.9 Å². The van der Waals surface area contributed by atoms with Crippen LogP contribution < -0.4 is 10.6 Å². The lowest BCUT2D eigenvalue weighted by molar-refractivity contribution is 0.0640. The monoisotopic (exact) mass is 464 g/mol. The number of aromatic nitrogens is 3. The average molecular weight is 464 g/mol. The lowest BCUT2D eigenvalue weighted by Crippen LogP contribution is -2.29. The van der Waals surface area contributed by atoms with Gasteiger partial charge in [0.15, 0.2) is 0 Å². The predicted octanol–water partition coefficient (Wildman–Crippen LogP) is 3.97. The number of imide groups is 1. The van der Waals surface area contributed by atoms with E-state index in [2.05, 4.69) is 25.6 Å². The summed E-state index contributed by atoms with van der Waals surface area (Å²) in [6.07, 6.45) is 3.09. The highest BCUT2D eigenvalue weighted by molar-refractivity contribution is 6.22. The van der Waals surface area contributed by atoms with Crippen molar-refractivity contribution in [1.82, 2.24) is 19.9 Å². The summed E-state index contributed by atoms with van der Waals surface area (Å²) in [7, 11) is 0. The van der Waals surface area contributed by atoms with E-state index < -0.39 is 11.8 Å². The minimum absolute atomic E-state index is 0.0731. The number of hydrogen-bond donors (Lipinski definition) is 2. The summed E-state index contributed by atoms with van der Waals surface area (Å²) in [5.74, 6) is -0.558. The fraction of sp³-hybridized carbons (Fsp3) is 0.0769. The Kier molecular flexibility index (Phi) is 5.72. The van der Waals surface area contributed by atoms with Crippen molar-refractivity contribution in [3.8, 4) is 0 Å². The van der Waals surface area contributed by atoms with Crippen molar-refractivity contribution in [1.29, 1.82) is 0 Å². The number of carbonyl (C=O) groups is 3. The minimum atomic E-state index is -0.444. The first-order chi connectivity index (χ1) is 17.0. The van der Waals surface area contributed by atoms with Crippen molar-refractivity contribution in [3.05, 3.63) is 107 Å². The number of rotatable bonds is 6. The molecule has 1 aliphatic rings. The Hall–Kier alpha value is -4.92. The normalized spacial score (nSPS) is 12.4. The number of anilines is 3. The van der Waals surface area contributed by atoms with Gasteiger partial charge in [0.25, 0.3) is 17.7 Å². The maximum atomic E-state index is 12.9. The number of fused-ring (bicyclic) bond motifs is 1. The number of hydrogen-bond acceptors (Lipinski definition) is 7. The second kappa shape index (κ2) is 9.14. The van der Waals surface area contributed by atoms with E-state index in [0.29, 0.717) is 17.2 Å². The maximum Gasteiger partial charge on any atom is 0.261 e. The Morgan fingerprint density at radius 1 is 0.857 bits per heavy atom. The topological polar surface area (TPSA) is 117 Å². The standard InChI is InChI=1S/C26H20N6O3/c1-16-12-23(29-15-28-16)30-18-6-8-19(9-7-18)31-24(33)17-5-10-21-22(13-17)26(35)32(25(21)34)14-20-4-2-3-11-27-20/h2-13,15H,14H2,1H3,(H,31,33)(H,28,29,30). The van der Waals surface area contributed by atoms with Crippen molar-refractivity contribution < 1.29 is 14.4 Å². The van der Waals surface area contributed by atoms with Gasteiger partial charge in [-0.05, 0) is 61.5 Å². The van der Waals surface area contributed by atoms with E-state index in [1.807, 2.05) is 25.1 Å². The van der Waals surface area contributed by atoms with Gasteiger partial charge in [-0.3, -0.25) is 24.3 Å². The van der Waals surface area contributed by atoms with E-state index in [1.165, 1.54) is 24.5 Å². The van der Waals surface area contributed by atoms with Crippen LogP contribution in [0.5, 0.6) is 0 Å². The molecular formula is C26H20N6O3. The summed E-state index contributed by atoms with van der Waals surface area (Å²) in [6, 6.07) is 18.8. The molecular weight excluding hydrogens is 444 g/mol. The summed E-state index contributed by atoms with van der Waals surface area (Å²) in [6.45, 7) is 1.95. The molecule has 0 bridgehead atoms. The van der Waals surface area contributed by atoms with Gasteiger partial charge in [0.05, 0.1) is 23.4 Å². The summed E-state index contributed by atoms with van der Waals surface area (Å²) in [5.41, 5.74) is 3.60. The van der Waals surface area contributed by atoms with Gasteiger partial charge in [-0.2, -0.15) is 0 Å². The zero-order chi connectivity index (χ0) is 24.4. The third-order valence-corrected chi connectivity index (χ3v) is 5.50. The van der Waals surface area contributed by atoms with Crippen LogP contribution in [0.15, 0.2) is 79.3 Å². The fourth-order valence-electron chi connectivity index (χ4n) is 3.74. The number of pyridine rings is 1. The van der Waals surface area contributed by atoms with Crippen LogP contribution in [0, 0.1) is 6.92 Å². The van der Waals surface area contributed by atoms with E-state index in [4.69, 9.17) is 0 Å². The SMILES string of the molecule is Cc1cc(Nc2ccc(NC(=O)c3ccc4c(c3)C(=O)N(Cc3ccccn3)C4=O)cc2)ncn1. The third kappa shape index (κ3) is 4.60. The van der Waals surface area contributed by atoms with Crippen LogP contribution in [0.25, 0.3) is 0 Å². The molecule has 0 saturated carbocycles. The van der Waals surface area contributed by atoms with Crippen LogP contribution in [-0.4, -0.2) is 37.6 Å². The molecule has 0 fully saturated rings. The van der Waals surface area contributed by atoms with Crippen LogP contribution in [0.4, 0.5) is 17.2 Å². The summed E-state index contributed by atoms with van der Waals surface area (Å²) >= 11 is 0. The fourth-order valence-corrected chi connectivity index (χ4v) is 3.74. The molecule has 2 aromatic carbocycles. The summed E-state index contributed by atoms with van der Waals surface area (Å²) in [4.78, 5) is 52.0. The van der Waals surface area contributed by atoms with Crippen LogP contribution >= 0.6 is 0 Å². The van der Waals surface area contributed by atoms with Gasteiger partial charge in [0, 0.05) is 34.9 Å². The maximum absolute atomic E-state index is 12.9. The average Bonchev–Trinajstić information content (AvgIpc) is 3.10. The highest BCUT2D eigenvalue weighted by Gasteiger charge is 2.36. The molecule has 0 saturated heterocycles. The Morgan fingerprint density at radius 2 is 1.63 bits per heavy atom. The van der Waals surface area contributed by atoms with Crippen LogP contribution in [0.1, 0.15) is 42.5 Å². The van der Waals surface area contributed by atoms with Crippen molar-refractivity contribution in [2.45, 2.75) is 13.5 Å². The van der Waals surface area contributed by atoms with Gasteiger partial charge in [-0.25, -0.2) is 9.97 Å². The zero-order valence-electron chi connectivity index (χ0n) is 18.7. The number of benzene rings is 2. The molecule has 1 aliphatic heterocycles. The zero-order valence-corrected chi connectivity index (χ0v) is 18.7. The molecule has 9 heteroatoms. The van der Waals surface area contributed by atoms with E-state index in [-0.39, 0.29) is 29.1 Å². The first-order valence-corrected chi connectivity index (χ1v) is 10.9. The Morgan fingerprint density at radius 3 is 2.37 bits per heavy atom. The van der Waals surface area contributed by atoms with Gasteiger partial charge in [0.1, 0.15) is 12.1 Å². The lowest BCUT2D eigenvalue weighted by atomic mass is 10.1. The van der Waals surface area contributed by atoms with E-state index in [0.717, 1.165) is 16.3 Å². The van der Waals surface area contributed by atoms with Crippen molar-refractivity contribution in [3.63, 3.8) is 0 Å². The van der Waals surface area contributed by atoms with Gasteiger partial charge in [0.2, 0.25) is 0 Å². The van der Waals surface area contributed by atoms with Gasteiger partial charge in [-0.15, -0.1) is 0 Å². The number of carbonyl (C=O) groups excluding carboxylic acids is 3. The van der Waals surface area contributed by atoms with E-state index in [9.17, 15) is 14.4 Å². The van der Waals surface area contributed by atoms with Crippen LogP contribution in [0.2, 0.25) is 0 Å². The molecule has 0 unspecified atom stereocenters. The molecule has 3 heterocycles. The number of nitrogens with one attached hydrogen (secondary N) is 2. The van der Waals surface area contributed by atoms with Crippen molar-refractivity contribution in [2.24, 2.45) is 0 Å². The second-order valence-electron chi connectivity index (χ2n) is 7.98. The molecule has 2 N–H and O–H groups in total. The number of amides is 3. The molecule has 35 heavy (non-hydrogen) atoms. The van der Waals surface area contributed by atoms with Crippen LogP contribution in [0.3, 0.4) is 0 Å². The summed E-state index contributed by atoms with van der Waals surface area (Å²) in [5, 5.41) is 5.99. The Bertz CT molecular complexity index is 1440. The molecule has 2 aromatic heterocycles. The molecule has 0 spiro atoms. The lowest BCUT2D eigenvalue weighted by Gasteiger charge is -2.12. The minimum Gasteiger partial charge on any atom is -0.340 e. The molecule has 0 aliphatic carbocycles. The highest BCUT2D eigenvalue weighted by Crippen LogP contribution is 2.26. The smallest absolute Gasteiger partial charge is 0.261 e. The van der Waals surface area contributed by atoms with Gasteiger partial charge < -0.3 is 10.6 Å². The summed E-state index contributed by atoms with van der Waals surface area (Å²) < 4.78 is 0. The van der Waals surface area contributed by atoms with E-state index >= 15 is 0 Å². The number of aryl methyl sites for hydroxylation is 1. The first-order valence-electron chi connectivity index (χ1n) is 10.9. The quantitative estimate of drug-likeness (QED) is 0.415. The third-order valence-electron chi connectivity index (χ3n) is 5.50. The molecule has 172 valence electrons. The molecule has 3 amide bonds. The van der Waals surface area contributed by atoms with Crippen molar-refractivity contribution in [2.75, 3.05) is 10.6 Å². The van der Waals surface area contributed by atoms with Gasteiger partial charge >= 0.3 is 0 Å². The van der Waals surface area contributed by atoms with Crippen LogP contribution in [-0.2, 0) is 6.54 Å². The Balaban J connectivity index is 1.27. The predicted molar refractivity (Wildman–Crippen MR) is 129 cm³/mol. The number of nitrogens with zero attached hydrogens (tertiary/aromatic N) is 4. The molecule has 4 aromatic rings. The molecule has 0 atom stereocenters. The Labute approximate surface area is 200 Å². The largest absolute Gasteiger partial charge is 0.340 e. The molecule has 5 rings (SSSR count). The van der Waals surface area contributed by atoms with E-state index in [1.54, 1.807) is 36.5 Å². The molecule has 9 nitrogen and oxygen atoms in total. The second-order valence-corrected chi connectivity index (χ2v) is 7.98. The van der Waals surface area contributed by atoms with Gasteiger partial charge in [-0.1, -0.05) is 6.07 Å². The first kappa shape index (κ1) is 21.9.